The van der Waals surface area contributed by atoms with Crippen molar-refractivity contribution < 1.29 is 4.74 Å². The van der Waals surface area contributed by atoms with Gasteiger partial charge in [-0.2, -0.15) is 0 Å². The summed E-state index contributed by atoms with van der Waals surface area (Å²) in [4.78, 5) is 6.49. The minimum Gasteiger partial charge on any atom is -0.491 e. The van der Waals surface area contributed by atoms with Crippen molar-refractivity contribution in [1.82, 2.24) is 15.2 Å². The SMILES string of the molecule is CCNC(C)c1ccc(OCCN(C)C)cn1. The highest BCUT2D eigenvalue weighted by Gasteiger charge is 2.04. The molecule has 0 saturated heterocycles. The predicted molar refractivity (Wildman–Crippen MR) is 70.4 cm³/mol. The molecular formula is C13H23N3O. The highest BCUT2D eigenvalue weighted by Crippen LogP contribution is 2.14. The Balaban J connectivity index is 2.44. The van der Waals surface area contributed by atoms with Crippen LogP contribution in [0, 0.1) is 0 Å². The van der Waals surface area contributed by atoms with E-state index in [9.17, 15) is 0 Å². The van der Waals surface area contributed by atoms with Gasteiger partial charge in [-0.25, -0.2) is 0 Å². The fourth-order valence-corrected chi connectivity index (χ4v) is 1.49. The van der Waals surface area contributed by atoms with Gasteiger partial charge < -0.3 is 15.0 Å². The van der Waals surface area contributed by atoms with Crippen molar-refractivity contribution in [3.63, 3.8) is 0 Å². The average molecular weight is 237 g/mol. The van der Waals surface area contributed by atoms with E-state index in [0.717, 1.165) is 24.5 Å². The van der Waals surface area contributed by atoms with Crippen LogP contribution in [0.2, 0.25) is 0 Å². The third-order valence-corrected chi connectivity index (χ3v) is 2.52. The van der Waals surface area contributed by atoms with Crippen molar-refractivity contribution in [3.8, 4) is 5.75 Å². The van der Waals surface area contributed by atoms with E-state index in [4.69, 9.17) is 4.74 Å². The predicted octanol–water partition coefficient (Wildman–Crippen LogP) is 1.69. The molecular weight excluding hydrogens is 214 g/mol. The van der Waals surface area contributed by atoms with Gasteiger partial charge >= 0.3 is 0 Å². The minimum absolute atomic E-state index is 0.288. The van der Waals surface area contributed by atoms with Crippen LogP contribution in [0.4, 0.5) is 0 Å². The van der Waals surface area contributed by atoms with Crippen molar-refractivity contribution in [3.05, 3.63) is 24.0 Å². The Morgan fingerprint density at radius 1 is 1.41 bits per heavy atom. The summed E-state index contributed by atoms with van der Waals surface area (Å²) >= 11 is 0. The molecule has 1 N–H and O–H groups in total. The molecule has 0 radical (unpaired) electrons. The van der Waals surface area contributed by atoms with E-state index in [1.54, 1.807) is 6.20 Å². The summed E-state index contributed by atoms with van der Waals surface area (Å²) in [5.41, 5.74) is 1.05. The first-order chi connectivity index (χ1) is 8.13. The molecule has 0 bridgehead atoms. The van der Waals surface area contributed by atoms with Gasteiger partial charge in [-0.15, -0.1) is 0 Å². The Kier molecular flexibility index (Phi) is 5.94. The molecule has 1 aromatic heterocycles. The Hall–Kier alpha value is -1.13. The van der Waals surface area contributed by atoms with Gasteiger partial charge in [0, 0.05) is 12.6 Å². The maximum atomic E-state index is 5.59. The third kappa shape index (κ3) is 5.15. The second-order valence-electron chi connectivity index (χ2n) is 4.35. The lowest BCUT2D eigenvalue weighted by Crippen LogP contribution is -2.20. The number of aromatic nitrogens is 1. The molecule has 0 aliphatic rings. The zero-order valence-electron chi connectivity index (χ0n) is 11.2. The number of nitrogens with zero attached hydrogens (tertiary/aromatic N) is 2. The van der Waals surface area contributed by atoms with Crippen LogP contribution in [0.3, 0.4) is 0 Å². The van der Waals surface area contributed by atoms with Gasteiger partial charge in [0.25, 0.3) is 0 Å². The van der Waals surface area contributed by atoms with Gasteiger partial charge in [-0.3, -0.25) is 4.98 Å². The van der Waals surface area contributed by atoms with Crippen LogP contribution in [0.15, 0.2) is 18.3 Å². The molecule has 1 aromatic rings. The van der Waals surface area contributed by atoms with Gasteiger partial charge in [-0.1, -0.05) is 6.92 Å². The van der Waals surface area contributed by atoms with Crippen LogP contribution in [0.5, 0.6) is 5.75 Å². The third-order valence-electron chi connectivity index (χ3n) is 2.52. The summed E-state index contributed by atoms with van der Waals surface area (Å²) < 4.78 is 5.59. The summed E-state index contributed by atoms with van der Waals surface area (Å²) in [7, 11) is 4.06. The molecule has 0 aliphatic carbocycles. The molecule has 4 nitrogen and oxygen atoms in total. The highest BCUT2D eigenvalue weighted by molar-refractivity contribution is 5.21. The normalized spacial score (nSPS) is 12.8. The zero-order valence-corrected chi connectivity index (χ0v) is 11.2. The van der Waals surface area contributed by atoms with Crippen molar-refractivity contribution in [2.45, 2.75) is 19.9 Å². The lowest BCUT2D eigenvalue weighted by molar-refractivity contribution is 0.260. The fourth-order valence-electron chi connectivity index (χ4n) is 1.49. The molecule has 0 fully saturated rings. The molecule has 96 valence electrons. The van der Waals surface area contributed by atoms with E-state index in [0.29, 0.717) is 6.61 Å². The molecule has 0 aliphatic heterocycles. The highest BCUT2D eigenvalue weighted by atomic mass is 16.5. The Morgan fingerprint density at radius 3 is 2.71 bits per heavy atom. The van der Waals surface area contributed by atoms with Gasteiger partial charge in [0.1, 0.15) is 12.4 Å². The minimum atomic E-state index is 0.288. The van der Waals surface area contributed by atoms with Crippen LogP contribution < -0.4 is 10.1 Å². The summed E-state index contributed by atoms with van der Waals surface area (Å²) in [6.07, 6.45) is 1.79. The van der Waals surface area contributed by atoms with E-state index in [-0.39, 0.29) is 6.04 Å². The molecule has 1 unspecified atom stereocenters. The number of hydrogen-bond donors (Lipinski definition) is 1. The van der Waals surface area contributed by atoms with Crippen LogP contribution in [0.1, 0.15) is 25.6 Å². The molecule has 4 heteroatoms. The van der Waals surface area contributed by atoms with Crippen molar-refractivity contribution in [2.75, 3.05) is 33.8 Å². The van der Waals surface area contributed by atoms with Crippen LogP contribution >= 0.6 is 0 Å². The monoisotopic (exact) mass is 237 g/mol. The fraction of sp³-hybridized carbons (Fsp3) is 0.615. The van der Waals surface area contributed by atoms with Crippen LogP contribution in [-0.2, 0) is 0 Å². The van der Waals surface area contributed by atoms with Crippen molar-refractivity contribution >= 4 is 0 Å². The van der Waals surface area contributed by atoms with Gasteiger partial charge in [0.05, 0.1) is 11.9 Å². The van der Waals surface area contributed by atoms with E-state index in [1.165, 1.54) is 0 Å². The Labute approximate surface area is 104 Å². The topological polar surface area (TPSA) is 37.4 Å². The Bertz CT molecular complexity index is 311. The van der Waals surface area contributed by atoms with Crippen molar-refractivity contribution in [2.24, 2.45) is 0 Å². The maximum Gasteiger partial charge on any atom is 0.137 e. The lowest BCUT2D eigenvalue weighted by Gasteiger charge is -2.13. The van der Waals surface area contributed by atoms with Gasteiger partial charge in [0.15, 0.2) is 0 Å². The summed E-state index contributed by atoms with van der Waals surface area (Å²) in [6.45, 7) is 6.75. The smallest absolute Gasteiger partial charge is 0.137 e. The first-order valence-corrected chi connectivity index (χ1v) is 6.10. The van der Waals surface area contributed by atoms with E-state index >= 15 is 0 Å². The van der Waals surface area contributed by atoms with E-state index < -0.39 is 0 Å². The van der Waals surface area contributed by atoms with Crippen LogP contribution in [-0.4, -0.2) is 43.7 Å². The molecule has 1 heterocycles. The average Bonchev–Trinajstić information content (AvgIpc) is 2.30. The number of ether oxygens (including phenoxy) is 1. The maximum absolute atomic E-state index is 5.59. The molecule has 1 atom stereocenters. The number of pyridine rings is 1. The number of rotatable bonds is 7. The van der Waals surface area contributed by atoms with E-state index in [1.807, 2.05) is 26.2 Å². The van der Waals surface area contributed by atoms with Crippen molar-refractivity contribution in [1.29, 1.82) is 0 Å². The molecule has 0 aromatic carbocycles. The molecule has 0 amide bonds. The van der Waals surface area contributed by atoms with Gasteiger partial charge in [-0.05, 0) is 39.7 Å². The second-order valence-corrected chi connectivity index (χ2v) is 4.35. The largest absolute Gasteiger partial charge is 0.491 e. The zero-order chi connectivity index (χ0) is 12.7. The number of likely N-dealkylation sites (N-methyl/N-ethyl adjacent to an activating group) is 1. The van der Waals surface area contributed by atoms with Crippen LogP contribution in [0.25, 0.3) is 0 Å². The molecule has 1 rings (SSSR count). The quantitative estimate of drug-likeness (QED) is 0.783. The lowest BCUT2D eigenvalue weighted by atomic mass is 10.2. The second kappa shape index (κ2) is 7.25. The molecule has 0 spiro atoms. The van der Waals surface area contributed by atoms with Gasteiger partial charge in [0.2, 0.25) is 0 Å². The number of nitrogens with one attached hydrogen (secondary N) is 1. The standard InChI is InChI=1S/C13H23N3O/c1-5-14-11(2)13-7-6-12(10-15-13)17-9-8-16(3)4/h6-7,10-11,14H,5,8-9H2,1-4H3. The first-order valence-electron chi connectivity index (χ1n) is 6.10. The number of hydrogen-bond acceptors (Lipinski definition) is 4. The summed E-state index contributed by atoms with van der Waals surface area (Å²) in [5.74, 6) is 0.833. The summed E-state index contributed by atoms with van der Waals surface area (Å²) in [5, 5.41) is 3.33. The summed E-state index contributed by atoms with van der Waals surface area (Å²) in [6, 6.07) is 4.28. The molecule has 0 saturated carbocycles. The molecule has 17 heavy (non-hydrogen) atoms. The Morgan fingerprint density at radius 2 is 2.18 bits per heavy atom. The van der Waals surface area contributed by atoms with E-state index in [2.05, 4.69) is 29.0 Å². The first kappa shape index (κ1) is 13.9.